The summed E-state index contributed by atoms with van der Waals surface area (Å²) in [7, 11) is 0. The highest BCUT2D eigenvalue weighted by Crippen LogP contribution is 2.43. The van der Waals surface area contributed by atoms with Crippen molar-refractivity contribution in [1.82, 2.24) is 0 Å². The predicted molar refractivity (Wildman–Crippen MR) is 261 cm³/mol. The standard InChI is InChI=1S/C59H58O8/c1-43-34-53(63-38-47-20-9-3-10-21-47)52(36-51(43)35-45-32-30-44(31-33-45)28-17-29-55(60)61)56-58(65-40-49-24-13-5-14-25-49)59(66-41-50-26-15-6-16-27-50)57(64-39-48-22-11-4-12-23-48)54(67-56)42-62-37-46-18-7-2-8-19-46/h2-28,30-34,36,54,56-59H,29,35,37-42H2,1H3,(H,60,61)/b28-17+/t54-,56+,57-,58+,59+/m1/s1. The molecule has 5 atom stereocenters. The molecule has 67 heavy (non-hydrogen) atoms. The zero-order valence-corrected chi connectivity index (χ0v) is 37.9. The summed E-state index contributed by atoms with van der Waals surface area (Å²) in [5.41, 5.74) is 10.2. The molecule has 0 saturated carbocycles. The molecule has 1 N–H and O–H groups in total. The number of benzene rings is 7. The van der Waals surface area contributed by atoms with Crippen molar-refractivity contribution in [3.8, 4) is 5.75 Å². The first-order chi connectivity index (χ1) is 32.9. The number of hydrogen-bond acceptors (Lipinski definition) is 7. The molecule has 0 bridgehead atoms. The molecule has 0 aromatic heterocycles. The van der Waals surface area contributed by atoms with Gasteiger partial charge >= 0.3 is 5.97 Å². The molecule has 1 saturated heterocycles. The Bertz CT molecular complexity index is 2590. The van der Waals surface area contributed by atoms with Crippen LogP contribution in [0.2, 0.25) is 0 Å². The number of aliphatic carboxylic acids is 1. The van der Waals surface area contributed by atoms with Crippen molar-refractivity contribution in [2.75, 3.05) is 6.61 Å². The van der Waals surface area contributed by atoms with Crippen molar-refractivity contribution in [3.63, 3.8) is 0 Å². The number of carboxylic acids is 1. The van der Waals surface area contributed by atoms with E-state index in [2.05, 4.69) is 91.9 Å². The second-order valence-corrected chi connectivity index (χ2v) is 16.9. The summed E-state index contributed by atoms with van der Waals surface area (Å²) in [4.78, 5) is 11.1. The number of aryl methyl sites for hydroxylation is 1. The molecule has 8 rings (SSSR count). The van der Waals surface area contributed by atoms with Gasteiger partial charge in [0.25, 0.3) is 0 Å². The zero-order chi connectivity index (χ0) is 46.0. The fourth-order valence-corrected chi connectivity index (χ4v) is 8.32. The lowest BCUT2D eigenvalue weighted by molar-refractivity contribution is -0.275. The Morgan fingerprint density at radius 2 is 1.03 bits per heavy atom. The van der Waals surface area contributed by atoms with E-state index in [-0.39, 0.29) is 13.0 Å². The highest BCUT2D eigenvalue weighted by Gasteiger charge is 2.50. The molecular formula is C59H58O8. The summed E-state index contributed by atoms with van der Waals surface area (Å²) in [5, 5.41) is 9.12. The van der Waals surface area contributed by atoms with Gasteiger partial charge < -0.3 is 33.5 Å². The van der Waals surface area contributed by atoms with Crippen LogP contribution in [-0.2, 0) is 67.9 Å². The molecule has 1 aliphatic heterocycles. The first-order valence-corrected chi connectivity index (χ1v) is 23.0. The summed E-state index contributed by atoms with van der Waals surface area (Å²) in [6.07, 6.45) is 0.963. The third-order valence-electron chi connectivity index (χ3n) is 11.9. The van der Waals surface area contributed by atoms with E-state index in [1.165, 1.54) is 0 Å². The highest BCUT2D eigenvalue weighted by atomic mass is 16.6. The zero-order valence-electron chi connectivity index (χ0n) is 37.9. The quantitative estimate of drug-likeness (QED) is 0.0719. The lowest BCUT2D eigenvalue weighted by Gasteiger charge is -2.46. The van der Waals surface area contributed by atoms with Crippen molar-refractivity contribution < 1.29 is 38.3 Å². The van der Waals surface area contributed by atoms with Gasteiger partial charge in [-0.15, -0.1) is 0 Å². The lowest BCUT2D eigenvalue weighted by Crippen LogP contribution is -2.58. The van der Waals surface area contributed by atoms with Crippen molar-refractivity contribution in [2.24, 2.45) is 0 Å². The maximum absolute atomic E-state index is 11.1. The number of ether oxygens (including phenoxy) is 6. The Kier molecular flexibility index (Phi) is 16.9. The van der Waals surface area contributed by atoms with E-state index in [0.717, 1.165) is 55.6 Å². The third kappa shape index (κ3) is 13.7. The van der Waals surface area contributed by atoms with Crippen LogP contribution in [0.5, 0.6) is 5.75 Å². The van der Waals surface area contributed by atoms with E-state index < -0.39 is 36.5 Å². The first-order valence-electron chi connectivity index (χ1n) is 23.0. The maximum Gasteiger partial charge on any atom is 0.307 e. The number of carboxylic acid groups (broad SMARTS) is 1. The Morgan fingerprint density at radius 3 is 1.55 bits per heavy atom. The van der Waals surface area contributed by atoms with E-state index >= 15 is 0 Å². The second-order valence-electron chi connectivity index (χ2n) is 16.9. The normalized spacial score (nSPS) is 18.2. The number of rotatable bonds is 22. The molecule has 7 aromatic carbocycles. The summed E-state index contributed by atoms with van der Waals surface area (Å²) in [5.74, 6) is -0.169. The van der Waals surface area contributed by atoms with Crippen LogP contribution in [0.15, 0.2) is 194 Å². The van der Waals surface area contributed by atoms with Crippen LogP contribution in [-0.4, -0.2) is 42.1 Å². The molecule has 0 spiro atoms. The molecule has 1 aliphatic rings. The molecule has 8 heteroatoms. The van der Waals surface area contributed by atoms with Gasteiger partial charge in [-0.1, -0.05) is 188 Å². The van der Waals surface area contributed by atoms with Gasteiger partial charge in [-0.05, 0) is 75.5 Å². The fourth-order valence-electron chi connectivity index (χ4n) is 8.32. The Hall–Kier alpha value is -6.65. The summed E-state index contributed by atoms with van der Waals surface area (Å²) >= 11 is 0. The van der Waals surface area contributed by atoms with Gasteiger partial charge in [-0.2, -0.15) is 0 Å². The molecule has 0 unspecified atom stereocenters. The average Bonchev–Trinajstić information content (AvgIpc) is 3.36. The van der Waals surface area contributed by atoms with Gasteiger partial charge in [-0.25, -0.2) is 0 Å². The van der Waals surface area contributed by atoms with Crippen LogP contribution in [0.4, 0.5) is 0 Å². The van der Waals surface area contributed by atoms with E-state index in [9.17, 15) is 4.79 Å². The third-order valence-corrected chi connectivity index (χ3v) is 11.9. The van der Waals surface area contributed by atoms with Crippen LogP contribution >= 0.6 is 0 Å². The molecule has 8 nitrogen and oxygen atoms in total. The highest BCUT2D eigenvalue weighted by molar-refractivity contribution is 5.70. The molecule has 1 heterocycles. The maximum atomic E-state index is 11.1. The van der Waals surface area contributed by atoms with Gasteiger partial charge in [-0.3, -0.25) is 4.79 Å². The smallest absolute Gasteiger partial charge is 0.307 e. The SMILES string of the molecule is Cc1cc(OCc2ccccc2)c([C@@H]2O[C@H](COCc3ccccc3)[C@@H](OCc3ccccc3)[C@H](OCc3ccccc3)[C@H]2OCc2ccccc2)cc1Cc1ccc(/C=C/CC(=O)O)cc1. The van der Waals surface area contributed by atoms with Crippen LogP contribution in [0.3, 0.4) is 0 Å². The summed E-state index contributed by atoms with van der Waals surface area (Å²) in [6, 6.07) is 63.3. The first kappa shape index (κ1) is 46.9. The molecule has 7 aromatic rings. The van der Waals surface area contributed by atoms with Gasteiger partial charge in [0.1, 0.15) is 42.9 Å². The van der Waals surface area contributed by atoms with Crippen molar-refractivity contribution in [1.29, 1.82) is 0 Å². The topological polar surface area (TPSA) is 92.7 Å². The molecule has 0 radical (unpaired) electrons. The monoisotopic (exact) mass is 894 g/mol. The van der Waals surface area contributed by atoms with Gasteiger partial charge in [0.15, 0.2) is 0 Å². The Labute approximate surface area is 394 Å². The number of carbonyl (C=O) groups is 1. The Morgan fingerprint density at radius 1 is 0.552 bits per heavy atom. The summed E-state index contributed by atoms with van der Waals surface area (Å²) < 4.78 is 42.0. The van der Waals surface area contributed by atoms with Gasteiger partial charge in [0.05, 0.1) is 39.5 Å². The molecule has 1 fully saturated rings. The van der Waals surface area contributed by atoms with Crippen molar-refractivity contribution in [3.05, 3.63) is 250 Å². The minimum atomic E-state index is -0.861. The van der Waals surface area contributed by atoms with E-state index in [1.54, 1.807) is 6.08 Å². The molecule has 0 aliphatic carbocycles. The molecule has 0 amide bonds. The minimum Gasteiger partial charge on any atom is -0.489 e. The minimum absolute atomic E-state index is 0.0280. The van der Waals surface area contributed by atoms with Crippen LogP contribution in [0, 0.1) is 6.92 Å². The van der Waals surface area contributed by atoms with E-state index in [0.29, 0.717) is 45.2 Å². The fraction of sp³-hybridized carbons (Fsp3) is 0.237. The lowest BCUT2D eigenvalue weighted by atomic mass is 9.87. The van der Waals surface area contributed by atoms with Crippen molar-refractivity contribution >= 4 is 12.0 Å². The average molecular weight is 895 g/mol. The van der Waals surface area contributed by atoms with Gasteiger partial charge in [0.2, 0.25) is 0 Å². The van der Waals surface area contributed by atoms with Crippen LogP contribution in [0.1, 0.15) is 68.2 Å². The van der Waals surface area contributed by atoms with Crippen LogP contribution < -0.4 is 4.74 Å². The van der Waals surface area contributed by atoms with Crippen LogP contribution in [0.25, 0.3) is 6.08 Å². The van der Waals surface area contributed by atoms with E-state index in [4.69, 9.17) is 33.5 Å². The largest absolute Gasteiger partial charge is 0.489 e. The molecule has 342 valence electrons. The molecular weight excluding hydrogens is 837 g/mol. The second kappa shape index (κ2) is 24.2. The van der Waals surface area contributed by atoms with Gasteiger partial charge in [0, 0.05) is 5.56 Å². The number of hydrogen-bond donors (Lipinski definition) is 1. The van der Waals surface area contributed by atoms with Crippen molar-refractivity contribution in [2.45, 2.75) is 83.3 Å². The van der Waals surface area contributed by atoms with E-state index in [1.807, 2.05) is 109 Å². The predicted octanol–water partition coefficient (Wildman–Crippen LogP) is 12.1. The Balaban J connectivity index is 1.21. The summed E-state index contributed by atoms with van der Waals surface area (Å²) in [6.45, 7) is 4.06.